The third kappa shape index (κ3) is 4.61. The third-order valence-electron chi connectivity index (χ3n) is 3.79. The topological polar surface area (TPSA) is 67.9 Å². The molecule has 1 aliphatic heterocycles. The molecule has 2 rings (SSSR count). The summed E-state index contributed by atoms with van der Waals surface area (Å²) in [7, 11) is 1.55. The van der Waals surface area contributed by atoms with Gasteiger partial charge in [-0.05, 0) is 38.0 Å². The molecule has 2 amide bonds. The lowest BCUT2D eigenvalue weighted by Crippen LogP contribution is -2.30. The summed E-state index contributed by atoms with van der Waals surface area (Å²) in [6.07, 6.45) is 2.35. The molecule has 1 saturated heterocycles. The number of likely N-dealkylation sites (tertiary alicyclic amines) is 1. The standard InChI is InChI=1S/C17H24N2O4/c1-3-23-14-8-7-13(12-15(14)22-2)17(21)18-9-5-11-19-10-4-6-16(19)20/h7-8,12H,3-6,9-11H2,1-2H3,(H,18,21). The Labute approximate surface area is 136 Å². The molecular weight excluding hydrogens is 296 g/mol. The number of rotatable bonds is 8. The number of hydrogen-bond acceptors (Lipinski definition) is 4. The Morgan fingerprint density at radius 3 is 2.83 bits per heavy atom. The molecule has 0 saturated carbocycles. The molecule has 1 aromatic carbocycles. The molecular formula is C17H24N2O4. The normalized spacial score (nSPS) is 14.0. The van der Waals surface area contributed by atoms with E-state index in [9.17, 15) is 9.59 Å². The largest absolute Gasteiger partial charge is 0.493 e. The summed E-state index contributed by atoms with van der Waals surface area (Å²) < 4.78 is 10.7. The van der Waals surface area contributed by atoms with Crippen molar-refractivity contribution in [2.75, 3.05) is 33.4 Å². The predicted molar refractivity (Wildman–Crippen MR) is 86.9 cm³/mol. The summed E-state index contributed by atoms with van der Waals surface area (Å²) >= 11 is 0. The smallest absolute Gasteiger partial charge is 0.251 e. The fourth-order valence-electron chi connectivity index (χ4n) is 2.60. The average molecular weight is 320 g/mol. The Kier molecular flexibility index (Phi) is 6.26. The summed E-state index contributed by atoms with van der Waals surface area (Å²) in [6.45, 7) is 4.51. The predicted octanol–water partition coefficient (Wildman–Crippen LogP) is 1.84. The first kappa shape index (κ1) is 17.1. The highest BCUT2D eigenvalue weighted by Crippen LogP contribution is 2.27. The number of nitrogens with zero attached hydrogens (tertiary/aromatic N) is 1. The summed E-state index contributed by atoms with van der Waals surface area (Å²) in [5.74, 6) is 1.23. The highest BCUT2D eigenvalue weighted by molar-refractivity contribution is 5.94. The van der Waals surface area contributed by atoms with Gasteiger partial charge in [0.15, 0.2) is 11.5 Å². The zero-order chi connectivity index (χ0) is 16.7. The first-order valence-electron chi connectivity index (χ1n) is 8.02. The second-order valence-electron chi connectivity index (χ2n) is 5.39. The van der Waals surface area contributed by atoms with Gasteiger partial charge in [0.1, 0.15) is 0 Å². The van der Waals surface area contributed by atoms with Crippen molar-refractivity contribution in [3.05, 3.63) is 23.8 Å². The summed E-state index contributed by atoms with van der Waals surface area (Å²) in [4.78, 5) is 25.5. The van der Waals surface area contributed by atoms with Crippen molar-refractivity contribution >= 4 is 11.8 Å². The van der Waals surface area contributed by atoms with Gasteiger partial charge in [-0.15, -0.1) is 0 Å². The van der Waals surface area contributed by atoms with E-state index in [4.69, 9.17) is 9.47 Å². The van der Waals surface area contributed by atoms with E-state index in [2.05, 4.69) is 5.32 Å². The number of carbonyl (C=O) groups excluding carboxylic acids is 2. The summed E-state index contributed by atoms with van der Waals surface area (Å²) in [6, 6.07) is 5.12. The van der Waals surface area contributed by atoms with Crippen molar-refractivity contribution in [3.63, 3.8) is 0 Å². The molecule has 1 aromatic rings. The molecule has 126 valence electrons. The van der Waals surface area contributed by atoms with Gasteiger partial charge in [-0.3, -0.25) is 9.59 Å². The first-order valence-corrected chi connectivity index (χ1v) is 8.02. The molecule has 6 heteroatoms. The van der Waals surface area contributed by atoms with E-state index >= 15 is 0 Å². The van der Waals surface area contributed by atoms with Crippen LogP contribution in [0.25, 0.3) is 0 Å². The zero-order valence-electron chi connectivity index (χ0n) is 13.8. The molecule has 1 N–H and O–H groups in total. The van der Waals surface area contributed by atoms with Crippen LogP contribution in [0.1, 0.15) is 36.5 Å². The van der Waals surface area contributed by atoms with Crippen molar-refractivity contribution in [1.82, 2.24) is 10.2 Å². The minimum atomic E-state index is -0.154. The summed E-state index contributed by atoms with van der Waals surface area (Å²) in [5.41, 5.74) is 0.530. The number of nitrogens with one attached hydrogen (secondary N) is 1. The van der Waals surface area contributed by atoms with E-state index in [1.807, 2.05) is 11.8 Å². The van der Waals surface area contributed by atoms with E-state index < -0.39 is 0 Å². The molecule has 0 aliphatic carbocycles. The van der Waals surface area contributed by atoms with E-state index in [0.717, 1.165) is 19.4 Å². The molecule has 0 radical (unpaired) electrons. The van der Waals surface area contributed by atoms with Gasteiger partial charge in [0, 0.05) is 31.6 Å². The molecule has 1 fully saturated rings. The zero-order valence-corrected chi connectivity index (χ0v) is 13.8. The van der Waals surface area contributed by atoms with Crippen LogP contribution in [-0.4, -0.2) is 50.1 Å². The van der Waals surface area contributed by atoms with Crippen LogP contribution in [0.4, 0.5) is 0 Å². The maximum absolute atomic E-state index is 12.2. The molecule has 0 unspecified atom stereocenters. The number of benzene rings is 1. The number of ether oxygens (including phenoxy) is 2. The molecule has 6 nitrogen and oxygen atoms in total. The van der Waals surface area contributed by atoms with Crippen molar-refractivity contribution in [2.24, 2.45) is 0 Å². The quantitative estimate of drug-likeness (QED) is 0.742. The Morgan fingerprint density at radius 1 is 1.35 bits per heavy atom. The third-order valence-corrected chi connectivity index (χ3v) is 3.79. The molecule has 0 aromatic heterocycles. The fourth-order valence-corrected chi connectivity index (χ4v) is 2.60. The molecule has 1 aliphatic rings. The number of carbonyl (C=O) groups is 2. The van der Waals surface area contributed by atoms with Gasteiger partial charge in [-0.25, -0.2) is 0 Å². The van der Waals surface area contributed by atoms with E-state index in [1.165, 1.54) is 0 Å². The van der Waals surface area contributed by atoms with Crippen molar-refractivity contribution in [3.8, 4) is 11.5 Å². The highest BCUT2D eigenvalue weighted by atomic mass is 16.5. The maximum atomic E-state index is 12.2. The number of methoxy groups -OCH3 is 1. The van der Waals surface area contributed by atoms with Crippen molar-refractivity contribution in [1.29, 1.82) is 0 Å². The lowest BCUT2D eigenvalue weighted by Gasteiger charge is -2.15. The van der Waals surface area contributed by atoms with Crippen molar-refractivity contribution < 1.29 is 19.1 Å². The molecule has 0 spiro atoms. The van der Waals surface area contributed by atoms with Gasteiger partial charge in [0.05, 0.1) is 13.7 Å². The lowest BCUT2D eigenvalue weighted by atomic mass is 10.2. The van der Waals surface area contributed by atoms with Gasteiger partial charge < -0.3 is 19.7 Å². The number of amides is 2. The van der Waals surface area contributed by atoms with Crippen LogP contribution in [0, 0.1) is 0 Å². The Bertz CT molecular complexity index is 560. The van der Waals surface area contributed by atoms with E-state index in [0.29, 0.717) is 43.2 Å². The fraction of sp³-hybridized carbons (Fsp3) is 0.529. The average Bonchev–Trinajstić information content (AvgIpc) is 2.97. The van der Waals surface area contributed by atoms with Crippen LogP contribution in [0.5, 0.6) is 11.5 Å². The number of hydrogen-bond donors (Lipinski definition) is 1. The van der Waals surface area contributed by atoms with Crippen LogP contribution < -0.4 is 14.8 Å². The van der Waals surface area contributed by atoms with Crippen LogP contribution in [-0.2, 0) is 4.79 Å². The van der Waals surface area contributed by atoms with Crippen LogP contribution in [0.2, 0.25) is 0 Å². The van der Waals surface area contributed by atoms with Gasteiger partial charge in [0.25, 0.3) is 5.91 Å². The summed E-state index contributed by atoms with van der Waals surface area (Å²) in [5, 5.41) is 2.87. The van der Waals surface area contributed by atoms with Crippen LogP contribution in [0.15, 0.2) is 18.2 Å². The minimum Gasteiger partial charge on any atom is -0.493 e. The Hall–Kier alpha value is -2.24. The second-order valence-corrected chi connectivity index (χ2v) is 5.39. The Morgan fingerprint density at radius 2 is 2.17 bits per heavy atom. The lowest BCUT2D eigenvalue weighted by molar-refractivity contribution is -0.127. The van der Waals surface area contributed by atoms with Crippen LogP contribution >= 0.6 is 0 Å². The van der Waals surface area contributed by atoms with Gasteiger partial charge in [-0.1, -0.05) is 0 Å². The maximum Gasteiger partial charge on any atom is 0.251 e. The van der Waals surface area contributed by atoms with Gasteiger partial charge in [0.2, 0.25) is 5.91 Å². The molecule has 0 atom stereocenters. The van der Waals surface area contributed by atoms with Crippen molar-refractivity contribution in [2.45, 2.75) is 26.2 Å². The second kappa shape index (κ2) is 8.41. The van der Waals surface area contributed by atoms with Gasteiger partial charge in [-0.2, -0.15) is 0 Å². The molecule has 1 heterocycles. The SMILES string of the molecule is CCOc1ccc(C(=O)NCCCN2CCCC2=O)cc1OC. The Balaban J connectivity index is 1.82. The molecule has 0 bridgehead atoms. The van der Waals surface area contributed by atoms with Crippen LogP contribution in [0.3, 0.4) is 0 Å². The monoisotopic (exact) mass is 320 g/mol. The minimum absolute atomic E-state index is 0.154. The first-order chi connectivity index (χ1) is 11.2. The molecule has 23 heavy (non-hydrogen) atoms. The highest BCUT2D eigenvalue weighted by Gasteiger charge is 2.19. The van der Waals surface area contributed by atoms with Gasteiger partial charge >= 0.3 is 0 Å². The van der Waals surface area contributed by atoms with E-state index in [1.54, 1.807) is 25.3 Å². The van der Waals surface area contributed by atoms with E-state index in [-0.39, 0.29) is 11.8 Å².